The Kier molecular flexibility index (Phi) is 3.15. The van der Waals surface area contributed by atoms with Crippen LogP contribution < -0.4 is 5.32 Å². The number of carbonyl (C=O) groups excluding carboxylic acids is 1. The molecule has 0 saturated heterocycles. The molecule has 1 N–H and O–H groups in total. The highest BCUT2D eigenvalue weighted by Gasteiger charge is 2.13. The Balaban J connectivity index is 1.96. The first-order valence-corrected chi connectivity index (χ1v) is 6.67. The monoisotopic (exact) mass is 287 g/mol. The highest BCUT2D eigenvalue weighted by Crippen LogP contribution is 2.26. The smallest absolute Gasteiger partial charge is 0.255 e. The summed E-state index contributed by atoms with van der Waals surface area (Å²) in [5.74, 6) is -0.669. The predicted molar refractivity (Wildman–Crippen MR) is 76.5 cm³/mol. The zero-order valence-corrected chi connectivity index (χ0v) is 11.4. The molecule has 3 rings (SSSR count). The molecule has 4 nitrogen and oxygen atoms in total. The van der Waals surface area contributed by atoms with Gasteiger partial charge in [-0.05, 0) is 42.8 Å². The maximum absolute atomic E-state index is 12.9. The van der Waals surface area contributed by atoms with Gasteiger partial charge >= 0.3 is 0 Å². The summed E-state index contributed by atoms with van der Waals surface area (Å²) in [6.45, 7) is 1.89. The number of anilines is 1. The zero-order valence-electron chi connectivity index (χ0n) is 10.6. The van der Waals surface area contributed by atoms with Crippen molar-refractivity contribution in [3.63, 3.8) is 0 Å². The number of hydrogen-bond donors (Lipinski definition) is 1. The van der Waals surface area contributed by atoms with Crippen molar-refractivity contribution in [2.75, 3.05) is 5.32 Å². The Morgan fingerprint density at radius 2 is 1.90 bits per heavy atom. The van der Waals surface area contributed by atoms with Crippen molar-refractivity contribution >= 4 is 34.4 Å². The van der Waals surface area contributed by atoms with Gasteiger partial charge in [-0.3, -0.25) is 4.79 Å². The van der Waals surface area contributed by atoms with E-state index in [-0.39, 0.29) is 11.7 Å². The van der Waals surface area contributed by atoms with Crippen molar-refractivity contribution in [1.82, 2.24) is 8.75 Å². The maximum Gasteiger partial charge on any atom is 0.255 e. The molecule has 0 spiro atoms. The van der Waals surface area contributed by atoms with Crippen molar-refractivity contribution in [3.05, 3.63) is 53.3 Å². The van der Waals surface area contributed by atoms with Crippen molar-refractivity contribution in [3.8, 4) is 0 Å². The number of nitrogens with zero attached hydrogens (tertiary/aromatic N) is 2. The van der Waals surface area contributed by atoms with E-state index >= 15 is 0 Å². The van der Waals surface area contributed by atoms with Gasteiger partial charge in [-0.15, -0.1) is 0 Å². The van der Waals surface area contributed by atoms with Crippen LogP contribution >= 0.6 is 11.7 Å². The Hall–Kier alpha value is -2.34. The Morgan fingerprint density at radius 1 is 1.15 bits per heavy atom. The third kappa shape index (κ3) is 2.25. The first-order valence-electron chi connectivity index (χ1n) is 5.94. The standard InChI is InChI=1S/C14H10FN3OS/c1-8-2-7-11-13(18-20-17-11)12(8)16-14(19)9-3-5-10(15)6-4-9/h2-7H,1H3,(H,16,19). The Labute approximate surface area is 118 Å². The van der Waals surface area contributed by atoms with E-state index in [9.17, 15) is 9.18 Å². The first-order chi connectivity index (χ1) is 9.65. The number of hydrogen-bond acceptors (Lipinski definition) is 4. The molecule has 1 heterocycles. The van der Waals surface area contributed by atoms with E-state index in [4.69, 9.17) is 0 Å². The van der Waals surface area contributed by atoms with Gasteiger partial charge in [0.05, 0.1) is 17.4 Å². The molecule has 0 bridgehead atoms. The predicted octanol–water partition coefficient (Wildman–Crippen LogP) is 3.39. The summed E-state index contributed by atoms with van der Waals surface area (Å²) < 4.78 is 21.2. The summed E-state index contributed by atoms with van der Waals surface area (Å²) in [6.07, 6.45) is 0. The number of aromatic nitrogens is 2. The summed E-state index contributed by atoms with van der Waals surface area (Å²) >= 11 is 1.10. The quantitative estimate of drug-likeness (QED) is 0.786. The number of benzene rings is 2. The summed E-state index contributed by atoms with van der Waals surface area (Å²) in [5.41, 5.74) is 3.36. The lowest BCUT2D eigenvalue weighted by molar-refractivity contribution is 0.102. The third-order valence-corrected chi connectivity index (χ3v) is 3.52. The van der Waals surface area contributed by atoms with Gasteiger partial charge in [0.15, 0.2) is 0 Å². The van der Waals surface area contributed by atoms with Gasteiger partial charge in [0.2, 0.25) is 0 Å². The van der Waals surface area contributed by atoms with Gasteiger partial charge in [-0.1, -0.05) is 6.07 Å². The average molecular weight is 287 g/mol. The zero-order chi connectivity index (χ0) is 14.1. The van der Waals surface area contributed by atoms with E-state index in [1.807, 2.05) is 19.1 Å². The number of aryl methyl sites for hydroxylation is 1. The molecule has 3 aromatic rings. The van der Waals surface area contributed by atoms with Crippen LogP contribution in [0.4, 0.5) is 10.1 Å². The number of rotatable bonds is 2. The van der Waals surface area contributed by atoms with Crippen LogP contribution in [0.15, 0.2) is 36.4 Å². The summed E-state index contributed by atoms with van der Waals surface area (Å²) in [6, 6.07) is 9.14. The van der Waals surface area contributed by atoms with Gasteiger partial charge in [-0.25, -0.2) is 4.39 Å². The maximum atomic E-state index is 12.9. The van der Waals surface area contributed by atoms with E-state index in [1.54, 1.807) is 0 Å². The molecule has 20 heavy (non-hydrogen) atoms. The van der Waals surface area contributed by atoms with Crippen molar-refractivity contribution in [2.45, 2.75) is 6.92 Å². The minimum atomic E-state index is -0.372. The van der Waals surface area contributed by atoms with Crippen LogP contribution in [0, 0.1) is 12.7 Å². The number of amides is 1. The van der Waals surface area contributed by atoms with Crippen molar-refractivity contribution < 1.29 is 9.18 Å². The molecule has 1 aromatic heterocycles. The largest absolute Gasteiger partial charge is 0.320 e. The Bertz CT molecular complexity index is 783. The lowest BCUT2D eigenvalue weighted by atomic mass is 10.1. The lowest BCUT2D eigenvalue weighted by Crippen LogP contribution is -2.13. The molecular formula is C14H10FN3OS. The molecule has 0 atom stereocenters. The molecule has 6 heteroatoms. The third-order valence-electron chi connectivity index (χ3n) is 2.98. The summed E-state index contributed by atoms with van der Waals surface area (Å²) in [5, 5.41) is 2.82. The lowest BCUT2D eigenvalue weighted by Gasteiger charge is -2.08. The highest BCUT2D eigenvalue weighted by atomic mass is 32.1. The van der Waals surface area contributed by atoms with Gasteiger partial charge in [0.1, 0.15) is 16.9 Å². The van der Waals surface area contributed by atoms with E-state index in [2.05, 4.69) is 14.1 Å². The van der Waals surface area contributed by atoms with Crippen LogP contribution in [0.3, 0.4) is 0 Å². The van der Waals surface area contributed by atoms with Crippen LogP contribution in [-0.2, 0) is 0 Å². The minimum Gasteiger partial charge on any atom is -0.320 e. The number of halogens is 1. The van der Waals surface area contributed by atoms with Crippen LogP contribution in [0.25, 0.3) is 11.0 Å². The second-order valence-electron chi connectivity index (χ2n) is 4.35. The molecule has 0 fully saturated rings. The van der Waals surface area contributed by atoms with E-state index in [0.717, 1.165) is 22.8 Å². The van der Waals surface area contributed by atoms with Crippen LogP contribution in [0.2, 0.25) is 0 Å². The SMILES string of the molecule is Cc1ccc2nsnc2c1NC(=O)c1ccc(F)cc1. The molecule has 0 radical (unpaired) electrons. The summed E-state index contributed by atoms with van der Waals surface area (Å²) in [4.78, 5) is 12.2. The van der Waals surface area contributed by atoms with E-state index < -0.39 is 0 Å². The molecule has 1 amide bonds. The van der Waals surface area contributed by atoms with E-state index in [0.29, 0.717) is 16.8 Å². The molecule has 0 unspecified atom stereocenters. The topological polar surface area (TPSA) is 54.9 Å². The van der Waals surface area contributed by atoms with Crippen LogP contribution in [-0.4, -0.2) is 14.7 Å². The van der Waals surface area contributed by atoms with Gasteiger partial charge in [-0.2, -0.15) is 8.75 Å². The van der Waals surface area contributed by atoms with E-state index in [1.165, 1.54) is 24.3 Å². The highest BCUT2D eigenvalue weighted by molar-refractivity contribution is 7.00. The van der Waals surface area contributed by atoms with Gasteiger partial charge in [0, 0.05) is 5.56 Å². The second kappa shape index (κ2) is 4.97. The summed E-state index contributed by atoms with van der Waals surface area (Å²) in [7, 11) is 0. The van der Waals surface area contributed by atoms with Crippen molar-refractivity contribution in [1.29, 1.82) is 0 Å². The molecule has 2 aromatic carbocycles. The number of carbonyl (C=O) groups is 1. The van der Waals surface area contributed by atoms with Crippen molar-refractivity contribution in [2.24, 2.45) is 0 Å². The number of nitrogens with one attached hydrogen (secondary N) is 1. The molecule has 0 saturated carbocycles. The van der Waals surface area contributed by atoms with Crippen LogP contribution in [0.5, 0.6) is 0 Å². The molecular weight excluding hydrogens is 277 g/mol. The minimum absolute atomic E-state index is 0.298. The fourth-order valence-corrected chi connectivity index (χ4v) is 2.44. The molecule has 100 valence electrons. The molecule has 0 aliphatic heterocycles. The van der Waals surface area contributed by atoms with Gasteiger partial charge < -0.3 is 5.32 Å². The number of fused-ring (bicyclic) bond motifs is 1. The average Bonchev–Trinajstić information content (AvgIpc) is 2.91. The normalized spacial score (nSPS) is 10.7. The molecule has 0 aliphatic rings. The first kappa shape index (κ1) is 12.7. The second-order valence-corrected chi connectivity index (χ2v) is 4.88. The van der Waals surface area contributed by atoms with Gasteiger partial charge in [0.25, 0.3) is 5.91 Å². The fourth-order valence-electron chi connectivity index (χ4n) is 1.90. The van der Waals surface area contributed by atoms with Crippen LogP contribution in [0.1, 0.15) is 15.9 Å². The Morgan fingerprint density at radius 3 is 2.65 bits per heavy atom. The molecule has 0 aliphatic carbocycles. The fraction of sp³-hybridized carbons (Fsp3) is 0.0714.